The normalized spacial score (nSPS) is 10.6. The molecule has 3 nitrogen and oxygen atoms in total. The molecule has 2 aromatic rings. The number of hydrogen-bond acceptors (Lipinski definition) is 1. The minimum Gasteiger partial charge on any atom is -0.477 e. The molecule has 0 amide bonds. The van der Waals surface area contributed by atoms with E-state index in [0.717, 1.165) is 16.4 Å². The summed E-state index contributed by atoms with van der Waals surface area (Å²) in [6.07, 6.45) is 0. The molecule has 1 heterocycles. The Morgan fingerprint density at radius 2 is 2.21 bits per heavy atom. The number of benzene rings is 1. The van der Waals surface area contributed by atoms with Gasteiger partial charge in [0.2, 0.25) is 0 Å². The highest BCUT2D eigenvalue weighted by atomic mass is 16.4. The summed E-state index contributed by atoms with van der Waals surface area (Å²) >= 11 is 0. The molecule has 70 valence electrons. The molecule has 0 atom stereocenters. The third-order valence-corrected chi connectivity index (χ3v) is 2.48. The highest BCUT2D eigenvalue weighted by Gasteiger charge is 2.12. The molecular weight excluding hydrogens is 177 g/mol. The molecule has 1 aromatic heterocycles. The van der Waals surface area contributed by atoms with Crippen molar-refractivity contribution in [1.29, 1.82) is 0 Å². The minimum absolute atomic E-state index is 0.328. The molecule has 0 aliphatic rings. The predicted molar refractivity (Wildman–Crippen MR) is 58.1 cm³/mol. The number of aryl methyl sites for hydroxylation is 1. The number of rotatable bonds is 1. The van der Waals surface area contributed by atoms with Gasteiger partial charge in [-0.3, -0.25) is 0 Å². The van der Waals surface area contributed by atoms with Crippen molar-refractivity contribution in [2.24, 2.45) is 7.05 Å². The highest BCUT2D eigenvalue weighted by molar-refractivity contribution is 6.38. The summed E-state index contributed by atoms with van der Waals surface area (Å²) < 4.78 is 1.72. The maximum absolute atomic E-state index is 10.9. The van der Waals surface area contributed by atoms with Crippen LogP contribution in [-0.2, 0) is 7.05 Å². The summed E-state index contributed by atoms with van der Waals surface area (Å²) in [6, 6.07) is 7.54. The van der Waals surface area contributed by atoms with Crippen molar-refractivity contribution < 1.29 is 9.90 Å². The molecule has 2 rings (SSSR count). The summed E-state index contributed by atoms with van der Waals surface area (Å²) in [4.78, 5) is 10.9. The molecule has 1 aromatic carbocycles. The fourth-order valence-corrected chi connectivity index (χ4v) is 1.83. The standard InChI is InChI=1S/C10H10BNO2/c1-12-8(10(13)14)5-6-3-2-4-7(11)9(6)12/h2-5H,11H2,1H3,(H,13,14). The number of aromatic carboxylic acids is 1. The van der Waals surface area contributed by atoms with Gasteiger partial charge in [0.05, 0.1) is 0 Å². The van der Waals surface area contributed by atoms with Gasteiger partial charge < -0.3 is 9.67 Å². The summed E-state index contributed by atoms with van der Waals surface area (Å²) in [5, 5.41) is 9.91. The number of hydrogen-bond donors (Lipinski definition) is 1. The molecule has 0 bridgehead atoms. The van der Waals surface area contributed by atoms with E-state index in [2.05, 4.69) is 0 Å². The molecule has 0 fully saturated rings. The average molecular weight is 187 g/mol. The first-order valence-electron chi connectivity index (χ1n) is 4.39. The van der Waals surface area contributed by atoms with Gasteiger partial charge in [0.15, 0.2) is 0 Å². The SMILES string of the molecule is Bc1cccc2cc(C(=O)O)n(C)c12. The number of carboxylic acid groups (broad SMARTS) is 1. The van der Waals surface area contributed by atoms with Crippen LogP contribution in [0.5, 0.6) is 0 Å². The number of carboxylic acids is 1. The summed E-state index contributed by atoms with van der Waals surface area (Å²) in [5.41, 5.74) is 2.41. The molecular formula is C10H10BNO2. The van der Waals surface area contributed by atoms with E-state index in [4.69, 9.17) is 5.11 Å². The van der Waals surface area contributed by atoms with Crippen molar-refractivity contribution in [3.63, 3.8) is 0 Å². The van der Waals surface area contributed by atoms with Crippen LogP contribution in [0.15, 0.2) is 24.3 Å². The fourth-order valence-electron chi connectivity index (χ4n) is 1.83. The Labute approximate surface area is 82.4 Å². The topological polar surface area (TPSA) is 42.2 Å². The van der Waals surface area contributed by atoms with E-state index >= 15 is 0 Å². The van der Waals surface area contributed by atoms with E-state index < -0.39 is 5.97 Å². The van der Waals surface area contributed by atoms with Gasteiger partial charge in [-0.15, -0.1) is 0 Å². The Hall–Kier alpha value is -1.71. The summed E-state index contributed by atoms with van der Waals surface area (Å²) in [7, 11) is 3.76. The van der Waals surface area contributed by atoms with Gasteiger partial charge in [-0.25, -0.2) is 4.79 Å². The van der Waals surface area contributed by atoms with E-state index in [1.807, 2.05) is 26.0 Å². The molecule has 0 spiro atoms. The Morgan fingerprint density at radius 3 is 2.79 bits per heavy atom. The number of fused-ring (bicyclic) bond motifs is 1. The Morgan fingerprint density at radius 1 is 1.50 bits per heavy atom. The van der Waals surface area contributed by atoms with Crippen molar-refractivity contribution in [2.45, 2.75) is 0 Å². The molecule has 0 aliphatic carbocycles. The van der Waals surface area contributed by atoms with Gasteiger partial charge in [-0.05, 0) is 11.5 Å². The fraction of sp³-hybridized carbons (Fsp3) is 0.100. The zero-order valence-electron chi connectivity index (χ0n) is 8.11. The van der Waals surface area contributed by atoms with Crippen LogP contribution in [0.3, 0.4) is 0 Å². The minimum atomic E-state index is -0.886. The number of para-hydroxylation sites is 1. The first kappa shape index (κ1) is 8.87. The molecule has 0 aliphatic heterocycles. The highest BCUT2D eigenvalue weighted by Crippen LogP contribution is 2.16. The van der Waals surface area contributed by atoms with Gasteiger partial charge in [0, 0.05) is 12.6 Å². The maximum Gasteiger partial charge on any atom is 0.352 e. The molecule has 4 heteroatoms. The molecule has 0 radical (unpaired) electrons. The van der Waals surface area contributed by atoms with Crippen LogP contribution in [0.2, 0.25) is 0 Å². The van der Waals surface area contributed by atoms with Crippen LogP contribution in [0.25, 0.3) is 10.9 Å². The number of carbonyl (C=O) groups is 1. The zero-order valence-corrected chi connectivity index (χ0v) is 8.11. The Kier molecular flexibility index (Phi) is 1.84. The van der Waals surface area contributed by atoms with Crippen LogP contribution in [-0.4, -0.2) is 23.5 Å². The van der Waals surface area contributed by atoms with Crippen molar-refractivity contribution in [3.05, 3.63) is 30.0 Å². The van der Waals surface area contributed by atoms with Crippen LogP contribution in [0.4, 0.5) is 0 Å². The van der Waals surface area contributed by atoms with Crippen molar-refractivity contribution in [2.75, 3.05) is 0 Å². The lowest BCUT2D eigenvalue weighted by Crippen LogP contribution is -2.10. The van der Waals surface area contributed by atoms with Crippen LogP contribution >= 0.6 is 0 Å². The van der Waals surface area contributed by atoms with Gasteiger partial charge in [-0.2, -0.15) is 0 Å². The van der Waals surface area contributed by atoms with Crippen LogP contribution in [0.1, 0.15) is 10.5 Å². The van der Waals surface area contributed by atoms with Crippen molar-refractivity contribution >= 4 is 30.2 Å². The van der Waals surface area contributed by atoms with E-state index in [0.29, 0.717) is 5.69 Å². The smallest absolute Gasteiger partial charge is 0.352 e. The third-order valence-electron chi connectivity index (χ3n) is 2.48. The van der Waals surface area contributed by atoms with Crippen molar-refractivity contribution in [3.8, 4) is 0 Å². The molecule has 1 N–H and O–H groups in total. The maximum atomic E-state index is 10.9. The zero-order chi connectivity index (χ0) is 10.3. The van der Waals surface area contributed by atoms with Crippen LogP contribution in [0, 0.1) is 0 Å². The lowest BCUT2D eigenvalue weighted by Gasteiger charge is -2.01. The second-order valence-corrected chi connectivity index (χ2v) is 3.41. The summed E-state index contributed by atoms with van der Waals surface area (Å²) in [5.74, 6) is -0.886. The van der Waals surface area contributed by atoms with Gasteiger partial charge in [0.25, 0.3) is 0 Å². The van der Waals surface area contributed by atoms with E-state index in [1.54, 1.807) is 17.7 Å². The Balaban J connectivity index is 2.87. The van der Waals surface area contributed by atoms with E-state index in [9.17, 15) is 4.79 Å². The quantitative estimate of drug-likeness (QED) is 0.645. The van der Waals surface area contributed by atoms with E-state index in [1.165, 1.54) is 0 Å². The first-order valence-corrected chi connectivity index (χ1v) is 4.39. The predicted octanol–water partition coefficient (Wildman–Crippen LogP) is 0.135. The third kappa shape index (κ3) is 1.11. The van der Waals surface area contributed by atoms with E-state index in [-0.39, 0.29) is 0 Å². The summed E-state index contributed by atoms with van der Waals surface area (Å²) in [6.45, 7) is 0. The number of aromatic nitrogens is 1. The number of nitrogens with zero attached hydrogens (tertiary/aromatic N) is 1. The molecule has 14 heavy (non-hydrogen) atoms. The average Bonchev–Trinajstić information content (AvgIpc) is 2.45. The monoisotopic (exact) mass is 187 g/mol. The van der Waals surface area contributed by atoms with Gasteiger partial charge in [-0.1, -0.05) is 23.7 Å². The molecule has 0 unspecified atom stereocenters. The van der Waals surface area contributed by atoms with Crippen LogP contribution < -0.4 is 5.46 Å². The molecule has 0 saturated heterocycles. The lowest BCUT2D eigenvalue weighted by molar-refractivity contribution is 0.0687. The second-order valence-electron chi connectivity index (χ2n) is 3.41. The lowest BCUT2D eigenvalue weighted by atomic mass is 9.94. The molecule has 0 saturated carbocycles. The largest absolute Gasteiger partial charge is 0.477 e. The Bertz CT molecular complexity index is 516. The van der Waals surface area contributed by atoms with Crippen molar-refractivity contribution in [1.82, 2.24) is 4.57 Å². The van der Waals surface area contributed by atoms with Gasteiger partial charge in [0.1, 0.15) is 13.5 Å². The van der Waals surface area contributed by atoms with Gasteiger partial charge >= 0.3 is 5.97 Å². The second kappa shape index (κ2) is 2.91. The first-order chi connectivity index (χ1) is 6.61.